The Hall–Kier alpha value is -2.57. The van der Waals surface area contributed by atoms with Crippen molar-refractivity contribution in [2.24, 2.45) is 0 Å². The average Bonchev–Trinajstić information content (AvgIpc) is 2.59. The topological polar surface area (TPSA) is 36.4 Å². The molecule has 2 aromatic rings. The van der Waals surface area contributed by atoms with Crippen LogP contribution in [0.3, 0.4) is 0 Å². The molecule has 4 nitrogen and oxygen atoms in total. The van der Waals surface area contributed by atoms with E-state index in [1.807, 2.05) is 41.3 Å². The minimum Gasteiger partial charge on any atom is -0.353 e. The van der Waals surface area contributed by atoms with Gasteiger partial charge in [0.2, 0.25) is 5.91 Å². The summed E-state index contributed by atoms with van der Waals surface area (Å²) < 4.78 is 36.4. The average molecular weight is 335 g/mol. The zero-order valence-corrected chi connectivity index (χ0v) is 12.8. The Labute approximate surface area is 137 Å². The van der Waals surface area contributed by atoms with Crippen LogP contribution in [0.25, 0.3) is 10.9 Å². The number of anilines is 1. The maximum Gasteiger partial charge on any atom is 0.409 e. The molecular formula is C17H16F3N3O. The molecule has 24 heavy (non-hydrogen) atoms. The lowest BCUT2D eigenvalue weighted by atomic mass is 10.2. The molecule has 1 fully saturated rings. The molecule has 1 aromatic carbocycles. The number of aromatic nitrogens is 1. The second-order valence-corrected chi connectivity index (χ2v) is 5.55. The first-order valence-corrected chi connectivity index (χ1v) is 7.58. The Bertz CT molecular complexity index is 765. The van der Waals surface area contributed by atoms with E-state index in [2.05, 4.69) is 4.98 Å². The van der Waals surface area contributed by atoms with E-state index in [9.17, 15) is 18.0 Å². The Kier molecular flexibility index (Phi) is 4.42. The number of carbonyl (C=O) groups excluding carboxylic acids is 1. The molecule has 0 aliphatic carbocycles. The van der Waals surface area contributed by atoms with Crippen molar-refractivity contribution in [1.82, 2.24) is 9.88 Å². The van der Waals surface area contributed by atoms with E-state index in [4.69, 9.17) is 0 Å². The summed E-state index contributed by atoms with van der Waals surface area (Å²) in [6.45, 7) is 1.82. The zero-order chi connectivity index (χ0) is 17.2. The Morgan fingerprint density at radius 2 is 1.75 bits per heavy atom. The normalized spacial score (nSPS) is 16.1. The molecule has 0 atom stereocenters. The highest BCUT2D eigenvalue weighted by Crippen LogP contribution is 2.20. The van der Waals surface area contributed by atoms with Gasteiger partial charge in [-0.1, -0.05) is 18.2 Å². The summed E-state index contributed by atoms with van der Waals surface area (Å²) in [6, 6.07) is 11.7. The molecule has 1 aliphatic heterocycles. The predicted octanol–water partition coefficient (Wildman–Crippen LogP) is 3.00. The van der Waals surface area contributed by atoms with Crippen LogP contribution in [-0.4, -0.2) is 48.1 Å². The van der Waals surface area contributed by atoms with Gasteiger partial charge in [-0.2, -0.15) is 13.2 Å². The number of hydrogen-bond acceptors (Lipinski definition) is 3. The molecular weight excluding hydrogens is 319 g/mol. The summed E-state index contributed by atoms with van der Waals surface area (Å²) in [5.74, 6) is 0.199. The van der Waals surface area contributed by atoms with Crippen molar-refractivity contribution in [3.63, 3.8) is 0 Å². The van der Waals surface area contributed by atoms with Gasteiger partial charge in [0.1, 0.15) is 5.82 Å². The van der Waals surface area contributed by atoms with E-state index in [1.54, 1.807) is 0 Å². The second kappa shape index (κ2) is 6.51. The quantitative estimate of drug-likeness (QED) is 0.792. The fraction of sp³-hybridized carbons (Fsp3) is 0.294. The van der Waals surface area contributed by atoms with Crippen LogP contribution in [0.4, 0.5) is 19.0 Å². The molecule has 1 aliphatic rings. The van der Waals surface area contributed by atoms with Crippen LogP contribution in [0.5, 0.6) is 0 Å². The smallest absolute Gasteiger partial charge is 0.353 e. The molecule has 1 amide bonds. The number of carbonyl (C=O) groups is 1. The van der Waals surface area contributed by atoms with Gasteiger partial charge in [-0.05, 0) is 18.2 Å². The van der Waals surface area contributed by atoms with E-state index >= 15 is 0 Å². The molecule has 2 heterocycles. The van der Waals surface area contributed by atoms with Gasteiger partial charge in [0.15, 0.2) is 0 Å². The van der Waals surface area contributed by atoms with Crippen LogP contribution >= 0.6 is 0 Å². The number of pyridine rings is 1. The number of benzene rings is 1. The first-order chi connectivity index (χ1) is 11.4. The molecule has 1 saturated heterocycles. The van der Waals surface area contributed by atoms with E-state index in [1.165, 1.54) is 4.90 Å². The van der Waals surface area contributed by atoms with Gasteiger partial charge in [0.05, 0.1) is 5.52 Å². The fourth-order valence-corrected chi connectivity index (χ4v) is 2.66. The molecule has 0 saturated carbocycles. The first-order valence-electron chi connectivity index (χ1n) is 7.58. The summed E-state index contributed by atoms with van der Waals surface area (Å²) in [5, 5.41) is 1.05. The third kappa shape index (κ3) is 3.84. The van der Waals surface area contributed by atoms with Crippen molar-refractivity contribution in [2.45, 2.75) is 6.18 Å². The maximum absolute atomic E-state index is 12.1. The predicted molar refractivity (Wildman–Crippen MR) is 85.7 cm³/mol. The second-order valence-electron chi connectivity index (χ2n) is 5.55. The molecule has 1 aromatic heterocycles. The van der Waals surface area contributed by atoms with Gasteiger partial charge in [0.25, 0.3) is 0 Å². The number of allylic oxidation sites excluding steroid dienone is 1. The molecule has 7 heteroatoms. The van der Waals surface area contributed by atoms with Crippen LogP contribution in [0.1, 0.15) is 0 Å². The third-order valence-electron chi connectivity index (χ3n) is 3.91. The highest BCUT2D eigenvalue weighted by atomic mass is 19.4. The third-order valence-corrected chi connectivity index (χ3v) is 3.91. The van der Waals surface area contributed by atoms with Crippen LogP contribution in [-0.2, 0) is 4.79 Å². The molecule has 126 valence electrons. The Morgan fingerprint density at radius 3 is 2.46 bits per heavy atom. The largest absolute Gasteiger partial charge is 0.409 e. The van der Waals surface area contributed by atoms with Crippen LogP contribution < -0.4 is 4.90 Å². The highest BCUT2D eigenvalue weighted by Gasteiger charge is 2.25. The number of fused-ring (bicyclic) bond motifs is 1. The van der Waals surface area contributed by atoms with Crippen molar-refractivity contribution < 1.29 is 18.0 Å². The summed E-state index contributed by atoms with van der Waals surface area (Å²) in [5.41, 5.74) is 0.890. The van der Waals surface area contributed by atoms with E-state index in [0.29, 0.717) is 32.3 Å². The monoisotopic (exact) mass is 335 g/mol. The molecule has 3 rings (SSSR count). The van der Waals surface area contributed by atoms with Gasteiger partial charge in [-0.15, -0.1) is 0 Å². The minimum absolute atomic E-state index is 0.0212. The number of rotatable bonds is 2. The van der Waals surface area contributed by atoms with Gasteiger partial charge in [0, 0.05) is 43.7 Å². The van der Waals surface area contributed by atoms with Crippen molar-refractivity contribution in [1.29, 1.82) is 0 Å². The van der Waals surface area contributed by atoms with Gasteiger partial charge in [-0.3, -0.25) is 4.79 Å². The van der Waals surface area contributed by atoms with E-state index in [-0.39, 0.29) is 6.08 Å². The zero-order valence-electron chi connectivity index (χ0n) is 12.8. The number of halogens is 3. The first kappa shape index (κ1) is 16.3. The van der Waals surface area contributed by atoms with Gasteiger partial charge >= 0.3 is 6.18 Å². The van der Waals surface area contributed by atoms with Gasteiger partial charge < -0.3 is 9.80 Å². The van der Waals surface area contributed by atoms with Crippen molar-refractivity contribution >= 4 is 22.6 Å². The highest BCUT2D eigenvalue weighted by molar-refractivity contribution is 5.88. The SMILES string of the molecule is O=C(/C=C/C(F)(F)F)N1CCN(c2ccc3ccccc3n2)CC1. The maximum atomic E-state index is 12.1. The molecule has 0 unspecified atom stereocenters. The summed E-state index contributed by atoms with van der Waals surface area (Å²) in [4.78, 5) is 19.8. The lowest BCUT2D eigenvalue weighted by molar-refractivity contribution is -0.127. The lowest BCUT2D eigenvalue weighted by Gasteiger charge is -2.35. The standard InChI is InChI=1S/C17H16F3N3O/c18-17(19,20)8-7-16(24)23-11-9-22(10-12-23)15-6-5-13-3-1-2-4-14(13)21-15/h1-8H,9-12H2/b8-7+. The number of piperazine rings is 1. The number of alkyl halides is 3. The number of amides is 1. The number of hydrogen-bond donors (Lipinski definition) is 0. The minimum atomic E-state index is -4.47. The summed E-state index contributed by atoms with van der Waals surface area (Å²) in [6.07, 6.45) is -3.90. The molecule has 0 radical (unpaired) electrons. The van der Waals surface area contributed by atoms with Crippen LogP contribution in [0, 0.1) is 0 Å². The molecule has 0 spiro atoms. The van der Waals surface area contributed by atoms with Crippen molar-refractivity contribution in [3.05, 3.63) is 48.6 Å². The fourth-order valence-electron chi connectivity index (χ4n) is 2.66. The summed E-state index contributed by atoms with van der Waals surface area (Å²) in [7, 11) is 0. The van der Waals surface area contributed by atoms with E-state index in [0.717, 1.165) is 16.7 Å². The van der Waals surface area contributed by atoms with Crippen LogP contribution in [0.2, 0.25) is 0 Å². The molecule has 0 N–H and O–H groups in total. The Balaban J connectivity index is 1.64. The number of para-hydroxylation sites is 1. The number of nitrogens with zero attached hydrogens (tertiary/aromatic N) is 3. The van der Waals surface area contributed by atoms with Crippen LogP contribution in [0.15, 0.2) is 48.6 Å². The van der Waals surface area contributed by atoms with Gasteiger partial charge in [-0.25, -0.2) is 4.98 Å². The molecule has 0 bridgehead atoms. The van der Waals surface area contributed by atoms with Crippen molar-refractivity contribution in [2.75, 3.05) is 31.1 Å². The van der Waals surface area contributed by atoms with Crippen molar-refractivity contribution in [3.8, 4) is 0 Å². The Morgan fingerprint density at radius 1 is 1.04 bits per heavy atom. The lowest BCUT2D eigenvalue weighted by Crippen LogP contribution is -2.48. The summed E-state index contributed by atoms with van der Waals surface area (Å²) >= 11 is 0. The van der Waals surface area contributed by atoms with E-state index < -0.39 is 12.1 Å².